The van der Waals surface area contributed by atoms with Crippen molar-refractivity contribution < 1.29 is 0 Å². The highest BCUT2D eigenvalue weighted by atomic mass is 14.9. The molecular formula is C15H18N2. The van der Waals surface area contributed by atoms with Crippen LogP contribution in [-0.2, 0) is 5.41 Å². The van der Waals surface area contributed by atoms with Crippen LogP contribution < -0.4 is 5.73 Å². The van der Waals surface area contributed by atoms with E-state index in [0.717, 1.165) is 18.4 Å². The van der Waals surface area contributed by atoms with Gasteiger partial charge in [0.25, 0.3) is 0 Å². The van der Waals surface area contributed by atoms with Crippen molar-refractivity contribution in [1.82, 2.24) is 4.98 Å². The van der Waals surface area contributed by atoms with Gasteiger partial charge in [0.2, 0.25) is 0 Å². The van der Waals surface area contributed by atoms with Crippen molar-refractivity contribution in [2.24, 2.45) is 5.73 Å². The van der Waals surface area contributed by atoms with E-state index in [-0.39, 0.29) is 11.0 Å². The van der Waals surface area contributed by atoms with Gasteiger partial charge in [-0.1, -0.05) is 32.0 Å². The molecule has 2 nitrogen and oxygen atoms in total. The minimum atomic E-state index is -0.0306. The van der Waals surface area contributed by atoms with E-state index in [1.54, 1.807) is 0 Å². The lowest BCUT2D eigenvalue weighted by Crippen LogP contribution is -2.43. The Morgan fingerprint density at radius 2 is 1.94 bits per heavy atom. The topological polar surface area (TPSA) is 38.9 Å². The summed E-state index contributed by atoms with van der Waals surface area (Å²) in [4.78, 5) is 4.53. The van der Waals surface area contributed by atoms with Gasteiger partial charge in [0.05, 0.1) is 5.52 Å². The third-order valence-corrected chi connectivity index (χ3v) is 4.35. The first-order valence-corrected chi connectivity index (χ1v) is 6.17. The molecule has 0 spiro atoms. The molecule has 2 heteroatoms. The summed E-state index contributed by atoms with van der Waals surface area (Å²) < 4.78 is 0. The Hall–Kier alpha value is -1.41. The van der Waals surface area contributed by atoms with E-state index in [0.29, 0.717) is 0 Å². The zero-order valence-electron chi connectivity index (χ0n) is 10.4. The molecule has 3 rings (SSSR count). The fourth-order valence-electron chi connectivity index (χ4n) is 2.46. The Kier molecular flexibility index (Phi) is 2.08. The summed E-state index contributed by atoms with van der Waals surface area (Å²) in [6, 6.07) is 10.5. The standard InChI is InChI=1S/C15H18N2/c1-14(2,15(16)7-8-15)12-9-11-5-3-4-6-13(11)17-10-12/h3-6,9-10H,7-8,16H2,1-2H3. The quantitative estimate of drug-likeness (QED) is 0.855. The largest absolute Gasteiger partial charge is 0.324 e. The van der Waals surface area contributed by atoms with Crippen molar-refractivity contribution in [1.29, 1.82) is 0 Å². The van der Waals surface area contributed by atoms with Crippen LogP contribution in [0.5, 0.6) is 0 Å². The lowest BCUT2D eigenvalue weighted by Gasteiger charge is -2.32. The molecule has 1 aromatic carbocycles. The Morgan fingerprint density at radius 1 is 1.24 bits per heavy atom. The van der Waals surface area contributed by atoms with Crippen molar-refractivity contribution in [3.05, 3.63) is 42.1 Å². The van der Waals surface area contributed by atoms with Gasteiger partial charge in [-0.05, 0) is 30.5 Å². The van der Waals surface area contributed by atoms with Gasteiger partial charge >= 0.3 is 0 Å². The summed E-state index contributed by atoms with van der Waals surface area (Å²) in [5.74, 6) is 0. The molecule has 1 saturated carbocycles. The van der Waals surface area contributed by atoms with Gasteiger partial charge in [-0.2, -0.15) is 0 Å². The first kappa shape index (κ1) is 10.7. The van der Waals surface area contributed by atoms with E-state index in [1.807, 2.05) is 18.3 Å². The number of fused-ring (bicyclic) bond motifs is 1. The maximum atomic E-state index is 6.37. The average Bonchev–Trinajstić information content (AvgIpc) is 3.08. The summed E-state index contributed by atoms with van der Waals surface area (Å²) in [6.45, 7) is 4.46. The number of nitrogens with zero attached hydrogens (tertiary/aromatic N) is 1. The summed E-state index contributed by atoms with van der Waals surface area (Å²) in [7, 11) is 0. The van der Waals surface area contributed by atoms with E-state index >= 15 is 0 Å². The fraction of sp³-hybridized carbons (Fsp3) is 0.400. The number of aromatic nitrogens is 1. The van der Waals surface area contributed by atoms with Crippen LogP contribution in [0.3, 0.4) is 0 Å². The fourth-order valence-corrected chi connectivity index (χ4v) is 2.46. The second-order valence-electron chi connectivity index (χ2n) is 5.70. The Bertz CT molecular complexity index is 568. The van der Waals surface area contributed by atoms with Gasteiger partial charge < -0.3 is 5.73 Å². The minimum Gasteiger partial charge on any atom is -0.324 e. The van der Waals surface area contributed by atoms with Gasteiger partial charge in [-0.25, -0.2) is 0 Å². The first-order chi connectivity index (χ1) is 8.03. The molecule has 1 heterocycles. The van der Waals surface area contributed by atoms with Crippen molar-refractivity contribution in [3.8, 4) is 0 Å². The predicted octanol–water partition coefficient (Wildman–Crippen LogP) is 3.00. The molecule has 1 aliphatic rings. The predicted molar refractivity (Wildman–Crippen MR) is 70.9 cm³/mol. The number of rotatable bonds is 2. The minimum absolute atomic E-state index is 0.00400. The van der Waals surface area contributed by atoms with Gasteiger partial charge in [0.1, 0.15) is 0 Å². The Labute approximate surface area is 102 Å². The molecule has 0 atom stereocenters. The number of benzene rings is 1. The normalized spacial score (nSPS) is 18.3. The third kappa shape index (κ3) is 1.55. The van der Waals surface area contributed by atoms with Crippen molar-refractivity contribution in [2.45, 2.75) is 37.6 Å². The lowest BCUT2D eigenvalue weighted by molar-refractivity contribution is 0.390. The molecule has 1 aromatic heterocycles. The summed E-state index contributed by atoms with van der Waals surface area (Å²) >= 11 is 0. The molecule has 0 amide bonds. The third-order valence-electron chi connectivity index (χ3n) is 4.35. The number of para-hydroxylation sites is 1. The van der Waals surface area contributed by atoms with Crippen molar-refractivity contribution in [2.75, 3.05) is 0 Å². The first-order valence-electron chi connectivity index (χ1n) is 6.17. The van der Waals surface area contributed by atoms with E-state index in [1.165, 1.54) is 10.9 Å². The summed E-state index contributed by atoms with van der Waals surface area (Å²) in [6.07, 6.45) is 4.22. The van der Waals surface area contributed by atoms with Crippen LogP contribution in [0, 0.1) is 0 Å². The molecule has 0 unspecified atom stereocenters. The Morgan fingerprint density at radius 3 is 2.65 bits per heavy atom. The van der Waals surface area contributed by atoms with Gasteiger partial charge in [0.15, 0.2) is 0 Å². The van der Waals surface area contributed by atoms with Crippen molar-refractivity contribution >= 4 is 10.9 Å². The zero-order valence-corrected chi connectivity index (χ0v) is 10.4. The number of pyridine rings is 1. The highest BCUT2D eigenvalue weighted by Crippen LogP contribution is 2.49. The van der Waals surface area contributed by atoms with Gasteiger partial charge in [-0.3, -0.25) is 4.98 Å². The van der Waals surface area contributed by atoms with E-state index in [2.05, 4.69) is 37.0 Å². The van der Waals surface area contributed by atoms with Crippen LogP contribution in [-0.4, -0.2) is 10.5 Å². The van der Waals surface area contributed by atoms with Crippen LogP contribution in [0.15, 0.2) is 36.5 Å². The molecule has 1 fully saturated rings. The second-order valence-corrected chi connectivity index (χ2v) is 5.70. The van der Waals surface area contributed by atoms with E-state index < -0.39 is 0 Å². The van der Waals surface area contributed by atoms with Crippen LogP contribution in [0.25, 0.3) is 10.9 Å². The molecule has 1 aliphatic carbocycles. The molecule has 0 bridgehead atoms. The molecule has 2 N–H and O–H groups in total. The summed E-state index contributed by atoms with van der Waals surface area (Å²) in [5.41, 5.74) is 8.64. The summed E-state index contributed by atoms with van der Waals surface area (Å²) in [5, 5.41) is 1.20. The van der Waals surface area contributed by atoms with E-state index in [4.69, 9.17) is 5.73 Å². The Balaban J connectivity index is 2.12. The number of nitrogens with two attached hydrogens (primary N) is 1. The van der Waals surface area contributed by atoms with Crippen LogP contribution >= 0.6 is 0 Å². The smallest absolute Gasteiger partial charge is 0.0702 e. The molecule has 0 saturated heterocycles. The molecule has 88 valence electrons. The molecule has 0 radical (unpaired) electrons. The molecule has 2 aromatic rings. The SMILES string of the molecule is CC(C)(c1cnc2ccccc2c1)C1(N)CC1. The second kappa shape index (κ2) is 3.30. The van der Waals surface area contributed by atoms with Crippen LogP contribution in [0.1, 0.15) is 32.3 Å². The number of hydrogen-bond donors (Lipinski definition) is 1. The average molecular weight is 226 g/mol. The van der Waals surface area contributed by atoms with Crippen LogP contribution in [0.2, 0.25) is 0 Å². The zero-order chi connectivity index (χ0) is 12.1. The molecular weight excluding hydrogens is 208 g/mol. The monoisotopic (exact) mass is 226 g/mol. The molecule has 0 aliphatic heterocycles. The maximum Gasteiger partial charge on any atom is 0.0702 e. The number of hydrogen-bond acceptors (Lipinski definition) is 2. The highest BCUT2D eigenvalue weighted by Gasteiger charge is 2.51. The van der Waals surface area contributed by atoms with E-state index in [9.17, 15) is 0 Å². The van der Waals surface area contributed by atoms with Gasteiger partial charge in [0, 0.05) is 22.5 Å². The highest BCUT2D eigenvalue weighted by molar-refractivity contribution is 5.79. The molecule has 17 heavy (non-hydrogen) atoms. The maximum absolute atomic E-state index is 6.37. The van der Waals surface area contributed by atoms with Crippen LogP contribution in [0.4, 0.5) is 0 Å². The van der Waals surface area contributed by atoms with Gasteiger partial charge in [-0.15, -0.1) is 0 Å². The lowest BCUT2D eigenvalue weighted by atomic mass is 9.76. The van der Waals surface area contributed by atoms with Crippen molar-refractivity contribution in [3.63, 3.8) is 0 Å².